The molecule has 2 fully saturated rings. The van der Waals surface area contributed by atoms with Crippen molar-refractivity contribution in [3.63, 3.8) is 0 Å². The van der Waals surface area contributed by atoms with E-state index in [9.17, 15) is 0 Å². The topological polar surface area (TPSA) is 48.5 Å². The van der Waals surface area contributed by atoms with Gasteiger partial charge in [0.15, 0.2) is 5.78 Å². The summed E-state index contributed by atoms with van der Waals surface area (Å²) < 4.78 is 11.5. The maximum absolute atomic E-state index is 15.6. The van der Waals surface area contributed by atoms with Gasteiger partial charge in [0.25, 0.3) is 0 Å². The molecule has 0 spiro atoms. The first-order valence-electron chi connectivity index (χ1n) is 19.1. The molecule has 52 heavy (non-hydrogen) atoms. The van der Waals surface area contributed by atoms with E-state index < -0.39 is 11.1 Å². The molecule has 2 heterocycles. The Morgan fingerprint density at radius 2 is 0.942 bits per heavy atom. The molecule has 7 nitrogen and oxygen atoms in total. The second-order valence-corrected chi connectivity index (χ2v) is 14.9. The van der Waals surface area contributed by atoms with E-state index in [4.69, 9.17) is 9.47 Å². The lowest BCUT2D eigenvalue weighted by Gasteiger charge is -2.43. The van der Waals surface area contributed by atoms with Crippen LogP contribution in [0.2, 0.25) is 0 Å². The lowest BCUT2D eigenvalue weighted by atomic mass is 9.74. The van der Waals surface area contributed by atoms with Gasteiger partial charge in [-0.15, -0.1) is 0 Å². The van der Waals surface area contributed by atoms with Crippen LogP contribution in [0.5, 0.6) is 0 Å². The van der Waals surface area contributed by atoms with Gasteiger partial charge in [-0.05, 0) is 113 Å². The van der Waals surface area contributed by atoms with Crippen LogP contribution < -0.4 is 9.80 Å². The molecular formula is C45H58N4O3. The van der Waals surface area contributed by atoms with Gasteiger partial charge in [-0.1, -0.05) is 74.5 Å². The number of ether oxygens (including phenoxy) is 2. The molecule has 2 unspecified atom stereocenters. The molecule has 2 aliphatic heterocycles. The number of morpholine rings is 2. The predicted molar refractivity (Wildman–Crippen MR) is 214 cm³/mol. The molecule has 4 aromatic rings. The summed E-state index contributed by atoms with van der Waals surface area (Å²) in [6, 6.07) is 34.6. The van der Waals surface area contributed by atoms with Crippen molar-refractivity contribution in [2.24, 2.45) is 0 Å². The van der Waals surface area contributed by atoms with Crippen LogP contribution in [0.1, 0.15) is 64.9 Å². The average Bonchev–Trinajstić information content (AvgIpc) is 3.19. The van der Waals surface area contributed by atoms with E-state index in [0.29, 0.717) is 26.4 Å². The van der Waals surface area contributed by atoms with Crippen LogP contribution in [0.15, 0.2) is 97.1 Å². The summed E-state index contributed by atoms with van der Waals surface area (Å²) in [6.45, 7) is 10.7. The first-order chi connectivity index (χ1) is 25.2. The average molecular weight is 703 g/mol. The maximum Gasteiger partial charge on any atom is 0.193 e. The van der Waals surface area contributed by atoms with Gasteiger partial charge in [0.2, 0.25) is 0 Å². The highest BCUT2D eigenvalue weighted by molar-refractivity contribution is 6.11. The number of ketones is 1. The molecule has 2 aliphatic rings. The van der Waals surface area contributed by atoms with Crippen LogP contribution in [-0.4, -0.2) is 96.4 Å². The molecule has 4 aromatic carbocycles. The SMILES string of the molecule is CCC(Cc1ccccc1)(c1cc(N2CCOCC2)ccc1C(=O)c1ccc(N2CCOCC2)cc1C(CC)(Cc1ccccc1)N(C)C)N(C)C. The van der Waals surface area contributed by atoms with Crippen molar-refractivity contribution >= 4 is 17.2 Å². The number of anilines is 2. The highest BCUT2D eigenvalue weighted by Gasteiger charge is 2.40. The molecule has 6 rings (SSSR count). The summed E-state index contributed by atoms with van der Waals surface area (Å²) in [4.78, 5) is 25.1. The number of nitrogens with zero attached hydrogens (tertiary/aromatic N) is 4. The third-order valence-electron chi connectivity index (χ3n) is 11.8. The molecule has 0 amide bonds. The normalized spacial score (nSPS) is 17.6. The predicted octanol–water partition coefficient (Wildman–Crippen LogP) is 7.41. The van der Waals surface area contributed by atoms with Crippen LogP contribution >= 0.6 is 0 Å². The van der Waals surface area contributed by atoms with Gasteiger partial charge < -0.3 is 19.3 Å². The Morgan fingerprint density at radius 1 is 0.577 bits per heavy atom. The quantitative estimate of drug-likeness (QED) is 0.127. The van der Waals surface area contributed by atoms with Gasteiger partial charge in [0.05, 0.1) is 37.5 Å². The highest BCUT2D eigenvalue weighted by Crippen LogP contribution is 2.43. The fraction of sp³-hybridized carbons (Fsp3) is 0.444. The summed E-state index contributed by atoms with van der Waals surface area (Å²) in [5.41, 5.74) is 7.66. The Balaban J connectivity index is 1.56. The molecule has 7 heteroatoms. The number of carbonyl (C=O) groups excluding carboxylic acids is 1. The number of carbonyl (C=O) groups is 1. The summed E-state index contributed by atoms with van der Waals surface area (Å²) >= 11 is 0. The van der Waals surface area contributed by atoms with Gasteiger partial charge in [-0.25, -0.2) is 0 Å². The third kappa shape index (κ3) is 7.69. The molecule has 0 aliphatic carbocycles. The van der Waals surface area contributed by atoms with E-state index in [1.165, 1.54) is 11.1 Å². The van der Waals surface area contributed by atoms with Crippen molar-refractivity contribution in [3.8, 4) is 0 Å². The standard InChI is InChI=1S/C45H58N4O3/c1-7-44(46(3)4,33-35-15-11-9-12-16-35)41-31-37(48-23-27-51-28-24-48)19-21-39(41)43(50)40-22-20-38(49-25-29-52-30-26-49)32-42(40)45(8-2,47(5)6)34-36-17-13-10-14-18-36/h9-22,31-32H,7-8,23-30,33-34H2,1-6H3. The first kappa shape index (κ1) is 37.7. The van der Waals surface area contributed by atoms with Gasteiger partial charge >= 0.3 is 0 Å². The maximum atomic E-state index is 15.6. The van der Waals surface area contributed by atoms with E-state index in [-0.39, 0.29) is 5.78 Å². The van der Waals surface area contributed by atoms with E-state index in [0.717, 1.165) is 85.5 Å². The van der Waals surface area contributed by atoms with E-state index >= 15 is 4.79 Å². The first-order valence-corrected chi connectivity index (χ1v) is 19.1. The Kier molecular flexibility index (Phi) is 12.2. The summed E-state index contributed by atoms with van der Waals surface area (Å²) in [6.07, 6.45) is 3.26. The Morgan fingerprint density at radius 3 is 1.27 bits per heavy atom. The lowest BCUT2D eigenvalue weighted by molar-refractivity contribution is 0.100. The summed E-state index contributed by atoms with van der Waals surface area (Å²) in [7, 11) is 8.66. The van der Waals surface area contributed by atoms with Crippen LogP contribution in [0.3, 0.4) is 0 Å². The zero-order valence-electron chi connectivity index (χ0n) is 32.2. The van der Waals surface area contributed by atoms with Crippen LogP contribution in [0.25, 0.3) is 0 Å². The van der Waals surface area contributed by atoms with Gasteiger partial charge in [0, 0.05) is 48.7 Å². The molecule has 276 valence electrons. The summed E-state index contributed by atoms with van der Waals surface area (Å²) in [5, 5.41) is 0. The fourth-order valence-corrected chi connectivity index (χ4v) is 8.53. The largest absolute Gasteiger partial charge is 0.378 e. The van der Waals surface area contributed by atoms with Crippen LogP contribution in [0.4, 0.5) is 11.4 Å². The number of hydrogen-bond acceptors (Lipinski definition) is 7. The number of rotatable bonds is 14. The van der Waals surface area contributed by atoms with Crippen molar-refractivity contribution in [1.29, 1.82) is 0 Å². The molecule has 0 aromatic heterocycles. The minimum absolute atomic E-state index is 0.0764. The smallest absolute Gasteiger partial charge is 0.193 e. The molecule has 0 bridgehead atoms. The monoisotopic (exact) mass is 702 g/mol. The van der Waals surface area contributed by atoms with Crippen molar-refractivity contribution in [2.75, 3.05) is 90.6 Å². The van der Waals surface area contributed by atoms with Gasteiger partial charge in [-0.2, -0.15) is 0 Å². The van der Waals surface area contributed by atoms with Gasteiger partial charge in [-0.3, -0.25) is 14.6 Å². The zero-order valence-corrected chi connectivity index (χ0v) is 32.2. The second-order valence-electron chi connectivity index (χ2n) is 14.9. The minimum Gasteiger partial charge on any atom is -0.378 e. The third-order valence-corrected chi connectivity index (χ3v) is 11.8. The van der Waals surface area contributed by atoms with E-state index in [1.807, 2.05) is 0 Å². The van der Waals surface area contributed by atoms with E-state index in [1.54, 1.807) is 0 Å². The molecular weight excluding hydrogens is 645 g/mol. The van der Waals surface area contributed by atoms with Crippen molar-refractivity contribution < 1.29 is 14.3 Å². The van der Waals surface area contributed by atoms with Gasteiger partial charge in [0.1, 0.15) is 0 Å². The Bertz CT molecular complexity index is 1640. The number of hydrogen-bond donors (Lipinski definition) is 0. The minimum atomic E-state index is -0.421. The lowest BCUT2D eigenvalue weighted by Crippen LogP contribution is -2.45. The number of benzene rings is 4. The second kappa shape index (κ2) is 16.8. The highest BCUT2D eigenvalue weighted by atomic mass is 16.5. The molecule has 2 saturated heterocycles. The van der Waals surface area contributed by atoms with Crippen LogP contribution in [0, 0.1) is 0 Å². The Labute approximate surface area is 312 Å². The molecule has 0 N–H and O–H groups in total. The molecule has 0 saturated carbocycles. The Hall–Kier alpha value is -4.01. The van der Waals surface area contributed by atoms with Crippen LogP contribution in [-0.2, 0) is 33.4 Å². The van der Waals surface area contributed by atoms with Crippen molar-refractivity contribution in [1.82, 2.24) is 9.80 Å². The number of likely N-dealkylation sites (N-methyl/N-ethyl adjacent to an activating group) is 2. The summed E-state index contributed by atoms with van der Waals surface area (Å²) in [5.74, 6) is 0.0764. The van der Waals surface area contributed by atoms with Crippen molar-refractivity contribution in [2.45, 2.75) is 50.6 Å². The van der Waals surface area contributed by atoms with Crippen molar-refractivity contribution in [3.05, 3.63) is 130 Å². The fourth-order valence-electron chi connectivity index (χ4n) is 8.53. The zero-order chi connectivity index (χ0) is 36.7. The van der Waals surface area contributed by atoms with E-state index in [2.05, 4.69) is 159 Å². The molecule has 2 atom stereocenters. The molecule has 0 radical (unpaired) electrons.